The fourth-order valence-electron chi connectivity index (χ4n) is 1.09. The van der Waals surface area contributed by atoms with E-state index in [1.54, 1.807) is 6.92 Å². The number of aromatic nitrogens is 1. The number of ketones is 1. The maximum absolute atomic E-state index is 11.0. The van der Waals surface area contributed by atoms with Gasteiger partial charge in [-0.1, -0.05) is 27.7 Å². The lowest BCUT2D eigenvalue weighted by Crippen LogP contribution is -1.89. The highest BCUT2D eigenvalue weighted by atomic mass is 32.1. The molecule has 0 atom stereocenters. The molecule has 0 aliphatic carbocycles. The van der Waals surface area contributed by atoms with E-state index in [1.807, 2.05) is 51.3 Å². The van der Waals surface area contributed by atoms with Crippen molar-refractivity contribution in [2.45, 2.75) is 34.6 Å². The summed E-state index contributed by atoms with van der Waals surface area (Å²) in [4.78, 5) is 11.0. The number of fused-ring (bicyclic) bond motifs is 1. The van der Waals surface area contributed by atoms with Gasteiger partial charge in [0.15, 0.2) is 5.78 Å². The van der Waals surface area contributed by atoms with Crippen LogP contribution in [0.4, 0.5) is 0 Å². The van der Waals surface area contributed by atoms with Crippen molar-refractivity contribution in [3.63, 3.8) is 0 Å². The number of Topliss-reactive ketones (excluding diaryl/α,β-unsaturated/α-hetero) is 1. The minimum atomic E-state index is 0.100. The van der Waals surface area contributed by atoms with E-state index in [2.05, 4.69) is 4.37 Å². The summed E-state index contributed by atoms with van der Waals surface area (Å²) in [6, 6.07) is 5.56. The Morgan fingerprint density at radius 1 is 1.19 bits per heavy atom. The molecule has 2 rings (SSSR count). The first-order valence-electron chi connectivity index (χ1n) is 5.62. The molecule has 1 heterocycles. The number of benzene rings is 1. The second kappa shape index (κ2) is 7.99. The average Bonchev–Trinajstić information content (AvgIpc) is 2.81. The minimum absolute atomic E-state index is 0.100. The van der Waals surface area contributed by atoms with Crippen LogP contribution in [0.15, 0.2) is 23.6 Å². The number of nitrogens with zero attached hydrogens (tertiary/aromatic N) is 1. The zero-order valence-electron chi connectivity index (χ0n) is 10.6. The maximum Gasteiger partial charge on any atom is 0.159 e. The molecular weight excluding hydrogens is 218 g/mol. The molecule has 0 unspecified atom stereocenters. The van der Waals surface area contributed by atoms with Crippen LogP contribution in [0.25, 0.3) is 10.9 Å². The van der Waals surface area contributed by atoms with Crippen LogP contribution in [0, 0.1) is 0 Å². The standard InChI is InChI=1S/C9H7NOS.2C2H6/c1-6(11)7-2-3-9-8(4-7)5-12-10-9;2*1-2/h2-5H,1H3;2*1-2H3. The van der Waals surface area contributed by atoms with Gasteiger partial charge in [0.25, 0.3) is 0 Å². The molecule has 0 bridgehead atoms. The van der Waals surface area contributed by atoms with E-state index in [1.165, 1.54) is 11.5 Å². The lowest BCUT2D eigenvalue weighted by molar-refractivity contribution is 0.101. The predicted molar refractivity (Wildman–Crippen MR) is 72.3 cm³/mol. The van der Waals surface area contributed by atoms with E-state index >= 15 is 0 Å². The normalized spacial score (nSPS) is 8.56. The molecule has 0 saturated heterocycles. The van der Waals surface area contributed by atoms with E-state index in [0.717, 1.165) is 16.5 Å². The molecule has 1 aromatic carbocycles. The summed E-state index contributed by atoms with van der Waals surface area (Å²) < 4.78 is 4.15. The zero-order chi connectivity index (χ0) is 12.6. The second-order valence-corrected chi connectivity index (χ2v) is 3.27. The Balaban J connectivity index is 0.000000509. The molecule has 1 aromatic heterocycles. The molecule has 0 aliphatic heterocycles. The number of carbonyl (C=O) groups excluding carboxylic acids is 1. The molecule has 3 heteroatoms. The fourth-order valence-corrected chi connectivity index (χ4v) is 1.73. The Bertz CT molecular complexity index is 434. The van der Waals surface area contributed by atoms with Crippen molar-refractivity contribution < 1.29 is 4.79 Å². The highest BCUT2D eigenvalue weighted by Crippen LogP contribution is 2.16. The van der Waals surface area contributed by atoms with Crippen molar-refractivity contribution in [1.82, 2.24) is 4.37 Å². The minimum Gasteiger partial charge on any atom is -0.295 e. The third kappa shape index (κ3) is 3.74. The first-order chi connectivity index (χ1) is 7.77. The van der Waals surface area contributed by atoms with Crippen LogP contribution in [-0.2, 0) is 0 Å². The summed E-state index contributed by atoms with van der Waals surface area (Å²) in [5, 5.41) is 3.00. The van der Waals surface area contributed by atoms with E-state index in [9.17, 15) is 4.79 Å². The van der Waals surface area contributed by atoms with Gasteiger partial charge in [-0.05, 0) is 36.7 Å². The third-order valence-electron chi connectivity index (χ3n) is 1.76. The SMILES string of the molecule is CC.CC.CC(=O)c1ccc2nscc2c1. The van der Waals surface area contributed by atoms with Gasteiger partial charge in [-0.3, -0.25) is 4.79 Å². The topological polar surface area (TPSA) is 30.0 Å². The smallest absolute Gasteiger partial charge is 0.159 e. The molecule has 88 valence electrons. The molecule has 0 fully saturated rings. The Hall–Kier alpha value is -1.22. The Labute approximate surface area is 101 Å². The Morgan fingerprint density at radius 3 is 2.38 bits per heavy atom. The summed E-state index contributed by atoms with van der Waals surface area (Å²) in [5.41, 5.74) is 1.72. The Kier molecular flexibility index (Phi) is 7.38. The summed E-state index contributed by atoms with van der Waals surface area (Å²) >= 11 is 1.41. The molecule has 16 heavy (non-hydrogen) atoms. The molecule has 0 aliphatic rings. The first-order valence-corrected chi connectivity index (χ1v) is 6.46. The van der Waals surface area contributed by atoms with Gasteiger partial charge in [0.2, 0.25) is 0 Å². The van der Waals surface area contributed by atoms with E-state index in [0.29, 0.717) is 0 Å². The van der Waals surface area contributed by atoms with E-state index < -0.39 is 0 Å². The van der Waals surface area contributed by atoms with Gasteiger partial charge in [0.05, 0.1) is 5.52 Å². The van der Waals surface area contributed by atoms with Crippen molar-refractivity contribution in [3.8, 4) is 0 Å². The van der Waals surface area contributed by atoms with Crippen molar-refractivity contribution in [3.05, 3.63) is 29.1 Å². The fraction of sp³-hybridized carbons (Fsp3) is 0.385. The lowest BCUT2D eigenvalue weighted by Gasteiger charge is -1.93. The average molecular weight is 237 g/mol. The summed E-state index contributed by atoms with van der Waals surface area (Å²) in [6.07, 6.45) is 0. The number of hydrogen-bond acceptors (Lipinski definition) is 3. The van der Waals surface area contributed by atoms with Crippen LogP contribution in [0.3, 0.4) is 0 Å². The van der Waals surface area contributed by atoms with Crippen LogP contribution in [0.5, 0.6) is 0 Å². The van der Waals surface area contributed by atoms with Gasteiger partial charge < -0.3 is 0 Å². The molecular formula is C13H19NOS. The van der Waals surface area contributed by atoms with Crippen LogP contribution in [0.1, 0.15) is 45.0 Å². The molecule has 0 N–H and O–H groups in total. The van der Waals surface area contributed by atoms with Gasteiger partial charge in [0.1, 0.15) is 0 Å². The number of carbonyl (C=O) groups is 1. The molecule has 0 spiro atoms. The number of rotatable bonds is 1. The zero-order valence-corrected chi connectivity index (χ0v) is 11.4. The van der Waals surface area contributed by atoms with Gasteiger partial charge in [-0.25, -0.2) is 0 Å². The van der Waals surface area contributed by atoms with Gasteiger partial charge >= 0.3 is 0 Å². The quantitative estimate of drug-likeness (QED) is 0.681. The first kappa shape index (κ1) is 14.8. The highest BCUT2D eigenvalue weighted by molar-refractivity contribution is 7.04. The molecule has 0 radical (unpaired) electrons. The van der Waals surface area contributed by atoms with Crippen LogP contribution < -0.4 is 0 Å². The van der Waals surface area contributed by atoms with E-state index in [-0.39, 0.29) is 5.78 Å². The van der Waals surface area contributed by atoms with Crippen molar-refractivity contribution in [2.24, 2.45) is 0 Å². The van der Waals surface area contributed by atoms with E-state index in [4.69, 9.17) is 0 Å². The van der Waals surface area contributed by atoms with Crippen LogP contribution in [0.2, 0.25) is 0 Å². The van der Waals surface area contributed by atoms with Crippen molar-refractivity contribution in [1.29, 1.82) is 0 Å². The van der Waals surface area contributed by atoms with Crippen molar-refractivity contribution in [2.75, 3.05) is 0 Å². The number of hydrogen-bond donors (Lipinski definition) is 0. The van der Waals surface area contributed by atoms with Gasteiger partial charge in [-0.15, -0.1) is 0 Å². The third-order valence-corrected chi connectivity index (χ3v) is 2.43. The monoisotopic (exact) mass is 237 g/mol. The largest absolute Gasteiger partial charge is 0.295 e. The maximum atomic E-state index is 11.0. The molecule has 0 amide bonds. The second-order valence-electron chi connectivity index (χ2n) is 2.64. The van der Waals surface area contributed by atoms with Crippen LogP contribution in [-0.4, -0.2) is 10.2 Å². The molecule has 0 saturated carbocycles. The van der Waals surface area contributed by atoms with Gasteiger partial charge in [-0.2, -0.15) is 4.37 Å². The lowest BCUT2D eigenvalue weighted by atomic mass is 10.1. The van der Waals surface area contributed by atoms with Crippen molar-refractivity contribution >= 4 is 28.2 Å². The van der Waals surface area contributed by atoms with Crippen LogP contribution >= 0.6 is 11.5 Å². The highest BCUT2D eigenvalue weighted by Gasteiger charge is 2.01. The summed E-state index contributed by atoms with van der Waals surface area (Å²) in [6.45, 7) is 9.57. The summed E-state index contributed by atoms with van der Waals surface area (Å²) in [7, 11) is 0. The Morgan fingerprint density at radius 2 is 1.81 bits per heavy atom. The predicted octanol–water partition coefficient (Wildman–Crippen LogP) is 4.55. The van der Waals surface area contributed by atoms with Gasteiger partial charge in [0, 0.05) is 16.3 Å². The molecule has 2 aromatic rings. The summed E-state index contributed by atoms with van der Waals surface area (Å²) in [5.74, 6) is 0.100. The molecule has 2 nitrogen and oxygen atoms in total.